The summed E-state index contributed by atoms with van der Waals surface area (Å²) in [5, 5.41) is 16.8. The molecular weight excluding hydrogens is 410 g/mol. The van der Waals surface area contributed by atoms with Gasteiger partial charge in [0, 0.05) is 18.3 Å². The number of likely N-dealkylation sites (N-methyl/N-ethyl adjacent to an activating group) is 1. The molecule has 0 fully saturated rings. The van der Waals surface area contributed by atoms with E-state index in [1.165, 1.54) is 39.5 Å². The molecule has 0 unspecified atom stereocenters. The first kappa shape index (κ1) is 23.3. The summed E-state index contributed by atoms with van der Waals surface area (Å²) in [6, 6.07) is 7.39. The lowest BCUT2D eigenvalue weighted by atomic mass is 10.1. The highest BCUT2D eigenvalue weighted by Gasteiger charge is 2.32. The molecule has 0 aliphatic rings. The van der Waals surface area contributed by atoms with Crippen LogP contribution < -0.4 is 29.6 Å². The molecule has 0 spiro atoms. The number of carbonyl (C=O) groups is 2. The minimum absolute atomic E-state index is 0.00172. The van der Waals surface area contributed by atoms with E-state index >= 15 is 0 Å². The van der Waals surface area contributed by atoms with E-state index in [1.807, 2.05) is 0 Å². The molecule has 0 radical (unpaired) electrons. The van der Waals surface area contributed by atoms with Gasteiger partial charge < -0.3 is 29.6 Å². The molecule has 0 bridgehead atoms. The molecule has 11 heteroatoms. The Balaban J connectivity index is 2.27. The fourth-order valence-corrected chi connectivity index (χ4v) is 2.73. The molecular formula is C20H23N3O8. The second kappa shape index (κ2) is 10.7. The number of methoxy groups -OCH3 is 3. The Morgan fingerprint density at radius 2 is 1.68 bits per heavy atom. The Morgan fingerprint density at radius 1 is 1.03 bits per heavy atom. The van der Waals surface area contributed by atoms with Gasteiger partial charge in [-0.05, 0) is 31.2 Å². The van der Waals surface area contributed by atoms with Gasteiger partial charge in [-0.3, -0.25) is 19.7 Å². The van der Waals surface area contributed by atoms with Crippen molar-refractivity contribution in [2.24, 2.45) is 0 Å². The summed E-state index contributed by atoms with van der Waals surface area (Å²) < 4.78 is 20.8. The van der Waals surface area contributed by atoms with E-state index < -0.39 is 16.5 Å². The lowest BCUT2D eigenvalue weighted by Crippen LogP contribution is -2.28. The molecule has 2 rings (SSSR count). The summed E-state index contributed by atoms with van der Waals surface area (Å²) in [7, 11) is 3.87. The van der Waals surface area contributed by atoms with Crippen molar-refractivity contribution in [3.63, 3.8) is 0 Å². The number of nitrogens with one attached hydrogen (secondary N) is 2. The minimum atomic E-state index is -0.748. The van der Waals surface area contributed by atoms with Crippen molar-refractivity contribution < 1.29 is 33.5 Å². The summed E-state index contributed by atoms with van der Waals surface area (Å²) in [6.45, 7) is 2.16. The van der Waals surface area contributed by atoms with E-state index in [0.29, 0.717) is 18.0 Å². The van der Waals surface area contributed by atoms with Crippen molar-refractivity contribution in [3.8, 4) is 23.0 Å². The molecule has 2 aromatic carbocycles. The van der Waals surface area contributed by atoms with Crippen LogP contribution in [0.3, 0.4) is 0 Å². The van der Waals surface area contributed by atoms with Gasteiger partial charge >= 0.3 is 5.69 Å². The van der Waals surface area contributed by atoms with Crippen LogP contribution in [0.4, 0.5) is 11.4 Å². The molecule has 0 aliphatic heterocycles. The van der Waals surface area contributed by atoms with Crippen LogP contribution in [-0.2, 0) is 4.79 Å². The second-order valence-corrected chi connectivity index (χ2v) is 6.02. The third kappa shape index (κ3) is 5.53. The van der Waals surface area contributed by atoms with Crippen LogP contribution >= 0.6 is 0 Å². The summed E-state index contributed by atoms with van der Waals surface area (Å²) in [5.41, 5.74) is -0.464. The average molecular weight is 433 g/mol. The number of ether oxygens (including phenoxy) is 4. The number of carbonyl (C=O) groups excluding carboxylic acids is 2. The zero-order valence-electron chi connectivity index (χ0n) is 17.5. The minimum Gasteiger partial charge on any atom is -0.493 e. The van der Waals surface area contributed by atoms with E-state index in [-0.39, 0.29) is 35.3 Å². The van der Waals surface area contributed by atoms with Crippen molar-refractivity contribution in [2.45, 2.75) is 6.92 Å². The number of rotatable bonds is 10. The highest BCUT2D eigenvalue weighted by Crippen LogP contribution is 2.46. The standard InChI is InChI=1S/C20H23N3O8/c1-5-21-16(24)11-31-13-8-6-12(7-9-13)22-20(25)14-10-15(28-2)18(29-3)19(30-4)17(14)23(26)27/h6-10H,5,11H2,1-4H3,(H,21,24)(H,22,25). The number of benzene rings is 2. The topological polar surface area (TPSA) is 138 Å². The molecule has 0 aliphatic carbocycles. The number of hydrogen-bond acceptors (Lipinski definition) is 8. The summed E-state index contributed by atoms with van der Waals surface area (Å²) in [4.78, 5) is 35.2. The second-order valence-electron chi connectivity index (χ2n) is 6.02. The Morgan fingerprint density at radius 3 is 2.19 bits per heavy atom. The van der Waals surface area contributed by atoms with Crippen LogP contribution in [0.15, 0.2) is 30.3 Å². The molecule has 166 valence electrons. The van der Waals surface area contributed by atoms with E-state index in [1.54, 1.807) is 19.1 Å². The summed E-state index contributed by atoms with van der Waals surface area (Å²) >= 11 is 0. The number of nitro groups is 1. The van der Waals surface area contributed by atoms with Gasteiger partial charge in [-0.2, -0.15) is 0 Å². The molecule has 2 amide bonds. The quantitative estimate of drug-likeness (QED) is 0.430. The smallest absolute Gasteiger partial charge is 0.327 e. The highest BCUT2D eigenvalue weighted by molar-refractivity contribution is 6.08. The molecule has 2 aromatic rings. The molecule has 31 heavy (non-hydrogen) atoms. The molecule has 0 heterocycles. The van der Waals surface area contributed by atoms with E-state index in [0.717, 1.165) is 0 Å². The van der Waals surface area contributed by atoms with Gasteiger partial charge in [-0.1, -0.05) is 0 Å². The Kier molecular flexibility index (Phi) is 8.01. The van der Waals surface area contributed by atoms with Crippen molar-refractivity contribution >= 4 is 23.2 Å². The third-order valence-corrected chi connectivity index (χ3v) is 4.09. The van der Waals surface area contributed by atoms with Gasteiger partial charge in [0.15, 0.2) is 12.4 Å². The van der Waals surface area contributed by atoms with Crippen molar-refractivity contribution in [1.82, 2.24) is 5.32 Å². The van der Waals surface area contributed by atoms with Crippen molar-refractivity contribution in [3.05, 3.63) is 46.0 Å². The van der Waals surface area contributed by atoms with Crippen LogP contribution in [0.2, 0.25) is 0 Å². The Labute approximate surface area is 178 Å². The first-order valence-electron chi connectivity index (χ1n) is 9.14. The molecule has 2 N–H and O–H groups in total. The molecule has 0 saturated heterocycles. The average Bonchev–Trinajstić information content (AvgIpc) is 2.76. The predicted molar refractivity (Wildman–Crippen MR) is 111 cm³/mol. The van der Waals surface area contributed by atoms with Crippen molar-refractivity contribution in [1.29, 1.82) is 0 Å². The fourth-order valence-electron chi connectivity index (χ4n) is 2.73. The maximum absolute atomic E-state index is 12.8. The number of nitro benzene ring substituents is 1. The number of nitrogens with zero attached hydrogens (tertiary/aromatic N) is 1. The van der Waals surface area contributed by atoms with Crippen LogP contribution in [0, 0.1) is 10.1 Å². The van der Waals surface area contributed by atoms with Gasteiger partial charge in [-0.15, -0.1) is 0 Å². The summed E-state index contributed by atoms with van der Waals surface area (Å²) in [6.07, 6.45) is 0. The van der Waals surface area contributed by atoms with E-state index in [2.05, 4.69) is 10.6 Å². The fraction of sp³-hybridized carbons (Fsp3) is 0.300. The van der Waals surface area contributed by atoms with Crippen LogP contribution in [-0.4, -0.2) is 51.2 Å². The van der Waals surface area contributed by atoms with Crippen molar-refractivity contribution in [2.75, 3.05) is 39.8 Å². The predicted octanol–water partition coefficient (Wildman–Crippen LogP) is 2.39. The molecule has 11 nitrogen and oxygen atoms in total. The first-order chi connectivity index (χ1) is 14.9. The van der Waals surface area contributed by atoms with Gasteiger partial charge in [0.25, 0.3) is 11.8 Å². The maximum Gasteiger partial charge on any atom is 0.327 e. The normalized spacial score (nSPS) is 10.1. The molecule has 0 aromatic heterocycles. The third-order valence-electron chi connectivity index (χ3n) is 4.09. The number of hydrogen-bond donors (Lipinski definition) is 2. The lowest BCUT2D eigenvalue weighted by molar-refractivity contribution is -0.386. The number of anilines is 1. The van der Waals surface area contributed by atoms with Crippen LogP contribution in [0.1, 0.15) is 17.3 Å². The molecule has 0 atom stereocenters. The molecule has 0 saturated carbocycles. The highest BCUT2D eigenvalue weighted by atomic mass is 16.6. The van der Waals surface area contributed by atoms with Gasteiger partial charge in [0.05, 0.1) is 26.3 Å². The lowest BCUT2D eigenvalue weighted by Gasteiger charge is -2.15. The van der Waals surface area contributed by atoms with E-state index in [4.69, 9.17) is 18.9 Å². The maximum atomic E-state index is 12.8. The zero-order valence-corrected chi connectivity index (χ0v) is 17.5. The Hall–Kier alpha value is -4.02. The van der Waals surface area contributed by atoms with Gasteiger partial charge in [0.2, 0.25) is 11.5 Å². The van der Waals surface area contributed by atoms with Gasteiger partial charge in [-0.25, -0.2) is 0 Å². The number of amides is 2. The van der Waals surface area contributed by atoms with Crippen LogP contribution in [0.5, 0.6) is 23.0 Å². The Bertz CT molecular complexity index is 960. The van der Waals surface area contributed by atoms with Crippen LogP contribution in [0.25, 0.3) is 0 Å². The monoisotopic (exact) mass is 433 g/mol. The summed E-state index contributed by atoms with van der Waals surface area (Å²) in [5.74, 6) is -0.711. The van der Waals surface area contributed by atoms with Gasteiger partial charge in [0.1, 0.15) is 11.3 Å². The van der Waals surface area contributed by atoms with E-state index in [9.17, 15) is 19.7 Å². The zero-order chi connectivity index (χ0) is 23.0. The largest absolute Gasteiger partial charge is 0.493 e. The SMILES string of the molecule is CCNC(=O)COc1ccc(NC(=O)c2cc(OC)c(OC)c(OC)c2[N+](=O)[O-])cc1. The first-order valence-corrected chi connectivity index (χ1v) is 9.14.